The molecule has 0 radical (unpaired) electrons. The van der Waals surface area contributed by atoms with Gasteiger partial charge in [0.05, 0.1) is 32.8 Å². The van der Waals surface area contributed by atoms with Gasteiger partial charge in [-0.25, -0.2) is 9.67 Å². The molecule has 3 aromatic rings. The second-order valence-electron chi connectivity index (χ2n) is 5.56. The predicted molar refractivity (Wildman–Crippen MR) is 107 cm³/mol. The van der Waals surface area contributed by atoms with Crippen molar-refractivity contribution in [3.05, 3.63) is 48.8 Å². The van der Waals surface area contributed by atoms with Gasteiger partial charge in [0.25, 0.3) is 0 Å². The highest BCUT2D eigenvalue weighted by atomic mass is 32.2. The Labute approximate surface area is 166 Å². The first kappa shape index (κ1) is 19.6. The molecule has 0 fully saturated rings. The highest BCUT2D eigenvalue weighted by Gasteiger charge is 2.15. The third-order valence-corrected chi connectivity index (χ3v) is 4.62. The molecule has 1 N–H and O–H groups in total. The van der Waals surface area contributed by atoms with Gasteiger partial charge in [-0.2, -0.15) is 0 Å². The normalized spacial score (nSPS) is 10.4. The van der Waals surface area contributed by atoms with Crippen LogP contribution in [0.2, 0.25) is 0 Å². The molecule has 0 saturated heterocycles. The third-order valence-electron chi connectivity index (χ3n) is 3.77. The van der Waals surface area contributed by atoms with E-state index >= 15 is 0 Å². The number of carbonyl (C=O) groups is 1. The summed E-state index contributed by atoms with van der Waals surface area (Å²) < 4.78 is 17.5. The summed E-state index contributed by atoms with van der Waals surface area (Å²) in [6, 6.07) is 13.0. The number of ether oxygens (including phenoxy) is 3. The molecule has 8 nitrogen and oxygen atoms in total. The number of methoxy groups -OCH3 is 3. The smallest absolute Gasteiger partial charge is 0.234 e. The van der Waals surface area contributed by atoms with Gasteiger partial charge in [0.15, 0.2) is 11.5 Å². The van der Waals surface area contributed by atoms with Crippen molar-refractivity contribution in [2.75, 3.05) is 32.4 Å². The van der Waals surface area contributed by atoms with Crippen LogP contribution in [0.25, 0.3) is 5.69 Å². The Balaban J connectivity index is 1.63. The van der Waals surface area contributed by atoms with Crippen LogP contribution in [-0.4, -0.2) is 47.8 Å². The van der Waals surface area contributed by atoms with Gasteiger partial charge >= 0.3 is 0 Å². The van der Waals surface area contributed by atoms with Crippen LogP contribution in [0.1, 0.15) is 0 Å². The van der Waals surface area contributed by atoms with Crippen LogP contribution in [0.4, 0.5) is 5.69 Å². The molecule has 0 aliphatic rings. The molecule has 146 valence electrons. The second kappa shape index (κ2) is 9.14. The Morgan fingerprint density at radius 2 is 1.75 bits per heavy atom. The Hall–Kier alpha value is -3.20. The molecule has 3 rings (SSSR count). The molecule has 28 heavy (non-hydrogen) atoms. The topological polar surface area (TPSA) is 87.5 Å². The van der Waals surface area contributed by atoms with Gasteiger partial charge in [0.2, 0.25) is 16.8 Å². The average molecular weight is 400 g/mol. The molecular weight excluding hydrogens is 380 g/mol. The first-order valence-corrected chi connectivity index (χ1v) is 9.33. The van der Waals surface area contributed by atoms with Crippen molar-refractivity contribution in [3.8, 4) is 22.9 Å². The molecule has 1 heterocycles. The number of thioether (sulfide) groups is 1. The highest BCUT2D eigenvalue weighted by Crippen LogP contribution is 2.39. The molecule has 2 aromatic carbocycles. The minimum atomic E-state index is -0.199. The van der Waals surface area contributed by atoms with E-state index in [4.69, 9.17) is 14.2 Å². The standard InChI is InChI=1S/C19H20N4O4S/c1-25-15-9-13(10-16(26-2)18(15)27-3)21-17(24)11-28-19-20-12-23(22-19)14-7-5-4-6-8-14/h4-10,12H,11H2,1-3H3,(H,21,24). The number of nitrogens with one attached hydrogen (secondary N) is 1. The number of rotatable bonds is 8. The maximum absolute atomic E-state index is 12.3. The van der Waals surface area contributed by atoms with Crippen LogP contribution in [0, 0.1) is 0 Å². The summed E-state index contributed by atoms with van der Waals surface area (Å²) in [6.07, 6.45) is 1.62. The van der Waals surface area contributed by atoms with E-state index in [1.807, 2.05) is 30.3 Å². The lowest BCUT2D eigenvalue weighted by atomic mass is 10.2. The summed E-state index contributed by atoms with van der Waals surface area (Å²) in [4.78, 5) is 16.5. The quantitative estimate of drug-likeness (QED) is 0.582. The Kier molecular flexibility index (Phi) is 6.38. The first-order valence-electron chi connectivity index (χ1n) is 8.34. The number of anilines is 1. The molecule has 1 amide bonds. The highest BCUT2D eigenvalue weighted by molar-refractivity contribution is 7.99. The van der Waals surface area contributed by atoms with E-state index < -0.39 is 0 Å². The van der Waals surface area contributed by atoms with Crippen molar-refractivity contribution in [1.29, 1.82) is 0 Å². The van der Waals surface area contributed by atoms with Crippen LogP contribution in [-0.2, 0) is 4.79 Å². The summed E-state index contributed by atoms with van der Waals surface area (Å²) in [5.74, 6) is 1.36. The van der Waals surface area contributed by atoms with Crippen LogP contribution in [0.5, 0.6) is 17.2 Å². The molecular formula is C19H20N4O4S. The monoisotopic (exact) mass is 400 g/mol. The average Bonchev–Trinajstić information content (AvgIpc) is 3.21. The second-order valence-corrected chi connectivity index (χ2v) is 6.50. The number of aromatic nitrogens is 3. The van der Waals surface area contributed by atoms with Gasteiger partial charge in [0.1, 0.15) is 6.33 Å². The minimum Gasteiger partial charge on any atom is -0.493 e. The molecule has 0 aliphatic carbocycles. The third kappa shape index (κ3) is 4.55. The summed E-state index contributed by atoms with van der Waals surface area (Å²) in [7, 11) is 4.57. The molecule has 0 bridgehead atoms. The van der Waals surface area contributed by atoms with E-state index in [0.29, 0.717) is 28.1 Å². The van der Waals surface area contributed by atoms with Gasteiger partial charge in [-0.3, -0.25) is 4.79 Å². The molecule has 9 heteroatoms. The van der Waals surface area contributed by atoms with Crippen molar-refractivity contribution in [1.82, 2.24) is 14.8 Å². The zero-order valence-corrected chi connectivity index (χ0v) is 16.5. The maximum atomic E-state index is 12.3. The maximum Gasteiger partial charge on any atom is 0.234 e. The zero-order chi connectivity index (χ0) is 19.9. The Morgan fingerprint density at radius 3 is 2.36 bits per heavy atom. The van der Waals surface area contributed by atoms with Crippen molar-refractivity contribution in [3.63, 3.8) is 0 Å². The largest absolute Gasteiger partial charge is 0.493 e. The molecule has 0 spiro atoms. The molecule has 0 atom stereocenters. The number of para-hydroxylation sites is 1. The lowest BCUT2D eigenvalue weighted by molar-refractivity contribution is -0.113. The number of hydrogen-bond donors (Lipinski definition) is 1. The SMILES string of the molecule is COc1cc(NC(=O)CSc2ncn(-c3ccccc3)n2)cc(OC)c1OC. The fourth-order valence-corrected chi connectivity index (χ4v) is 3.10. The van der Waals surface area contributed by atoms with E-state index in [2.05, 4.69) is 15.4 Å². The van der Waals surface area contributed by atoms with Gasteiger partial charge in [0, 0.05) is 17.8 Å². The van der Waals surface area contributed by atoms with Gasteiger partial charge in [-0.1, -0.05) is 30.0 Å². The predicted octanol–water partition coefficient (Wildman–Crippen LogP) is 3.02. The van der Waals surface area contributed by atoms with Crippen molar-refractivity contribution in [2.45, 2.75) is 5.16 Å². The van der Waals surface area contributed by atoms with Crippen molar-refractivity contribution < 1.29 is 19.0 Å². The van der Waals surface area contributed by atoms with Crippen molar-refractivity contribution >= 4 is 23.4 Å². The van der Waals surface area contributed by atoms with Crippen LogP contribution in [0.15, 0.2) is 53.9 Å². The minimum absolute atomic E-state index is 0.162. The summed E-state index contributed by atoms with van der Waals surface area (Å²) in [6.45, 7) is 0. The Morgan fingerprint density at radius 1 is 1.07 bits per heavy atom. The number of carbonyl (C=O) groups excluding carboxylic acids is 1. The van der Waals surface area contributed by atoms with E-state index in [1.165, 1.54) is 33.1 Å². The van der Waals surface area contributed by atoms with Gasteiger partial charge in [-0.15, -0.1) is 5.10 Å². The lowest BCUT2D eigenvalue weighted by Crippen LogP contribution is -2.14. The van der Waals surface area contributed by atoms with Crippen LogP contribution < -0.4 is 19.5 Å². The summed E-state index contributed by atoms with van der Waals surface area (Å²) in [5, 5.41) is 7.70. The fraction of sp³-hybridized carbons (Fsp3) is 0.211. The molecule has 0 unspecified atom stereocenters. The first-order chi connectivity index (χ1) is 13.6. The van der Waals surface area contributed by atoms with E-state index in [9.17, 15) is 4.79 Å². The number of hydrogen-bond acceptors (Lipinski definition) is 7. The van der Waals surface area contributed by atoms with Crippen molar-refractivity contribution in [2.24, 2.45) is 0 Å². The van der Waals surface area contributed by atoms with Crippen LogP contribution >= 0.6 is 11.8 Å². The number of amides is 1. The van der Waals surface area contributed by atoms with E-state index in [0.717, 1.165) is 5.69 Å². The van der Waals surface area contributed by atoms with E-state index in [1.54, 1.807) is 23.1 Å². The number of nitrogens with zero attached hydrogens (tertiary/aromatic N) is 3. The Bertz CT molecular complexity index is 921. The molecule has 1 aromatic heterocycles. The van der Waals surface area contributed by atoms with Gasteiger partial charge < -0.3 is 19.5 Å². The molecule has 0 saturated carbocycles. The summed E-state index contributed by atoms with van der Waals surface area (Å²) in [5.41, 5.74) is 1.45. The van der Waals surface area contributed by atoms with Gasteiger partial charge in [-0.05, 0) is 12.1 Å². The molecule has 0 aliphatic heterocycles. The fourth-order valence-electron chi connectivity index (χ4n) is 2.50. The van der Waals surface area contributed by atoms with E-state index in [-0.39, 0.29) is 11.7 Å². The number of benzene rings is 2. The summed E-state index contributed by atoms with van der Waals surface area (Å²) >= 11 is 1.25. The lowest BCUT2D eigenvalue weighted by Gasteiger charge is -2.14. The van der Waals surface area contributed by atoms with Crippen LogP contribution in [0.3, 0.4) is 0 Å². The zero-order valence-electron chi connectivity index (χ0n) is 15.7.